The molecule has 0 aliphatic heterocycles. The van der Waals surface area contributed by atoms with E-state index >= 15 is 0 Å². The third-order valence-electron chi connectivity index (χ3n) is 3.43. The van der Waals surface area contributed by atoms with Gasteiger partial charge < -0.3 is 17.1 Å². The Balaban J connectivity index is -0.000000385. The third kappa shape index (κ3) is 22.2. The maximum Gasteiger partial charge on any atom is 1.00 e. The Bertz CT molecular complexity index is 273. The first-order valence-electron chi connectivity index (χ1n) is 7.87. The van der Waals surface area contributed by atoms with Gasteiger partial charge in [0, 0.05) is 0 Å². The molecule has 126 valence electrons. The van der Waals surface area contributed by atoms with Gasteiger partial charge in [-0.25, -0.2) is 0 Å². The van der Waals surface area contributed by atoms with Gasteiger partial charge in [-0.2, -0.15) is 5.92 Å². The summed E-state index contributed by atoms with van der Waals surface area (Å²) in [6.07, 6.45) is 8.87. The van der Waals surface area contributed by atoms with Crippen LogP contribution >= 0.6 is 0 Å². The van der Waals surface area contributed by atoms with Gasteiger partial charge in [0.15, 0.2) is 0 Å². The molecule has 0 aromatic heterocycles. The van der Waals surface area contributed by atoms with Gasteiger partial charge in [0.05, 0.1) is 0 Å². The van der Waals surface area contributed by atoms with Crippen LogP contribution in [0.1, 0.15) is 79.1 Å². The molecule has 0 spiro atoms. The minimum Gasteiger partial charge on any atom is -0.481 e. The second kappa shape index (κ2) is 15.8. The smallest absolute Gasteiger partial charge is 0.481 e. The maximum absolute atomic E-state index is 9.43. The van der Waals surface area contributed by atoms with E-state index in [1.807, 2.05) is 0 Å². The summed E-state index contributed by atoms with van der Waals surface area (Å²) in [5.74, 6) is -2.01. The van der Waals surface area contributed by atoms with Crippen LogP contribution in [0.25, 0.3) is 0 Å². The van der Waals surface area contributed by atoms with E-state index in [0.29, 0.717) is 11.3 Å². The standard InChI is InChI=1S/C14H29.C3H4O4.Na/c1-6-7-8-9-10-11-12-13(2)14(3,4)5;4-2(5)1-3(6)7;/h13H,2,6-12H2,1,3-5H3;1H2,(H,4,5)(H,6,7);/q-1;;+1. The van der Waals surface area contributed by atoms with Crippen LogP contribution in [0.5, 0.6) is 0 Å². The molecule has 22 heavy (non-hydrogen) atoms. The van der Waals surface area contributed by atoms with Crippen molar-refractivity contribution >= 4 is 11.9 Å². The molecule has 0 radical (unpaired) electrons. The van der Waals surface area contributed by atoms with Crippen molar-refractivity contribution in [2.45, 2.75) is 79.1 Å². The molecule has 0 aliphatic rings. The first kappa shape index (κ1) is 26.8. The molecule has 0 heterocycles. The number of carboxylic acids is 2. The van der Waals surface area contributed by atoms with Gasteiger partial charge in [0.1, 0.15) is 6.42 Å². The molecule has 0 aromatic rings. The molecule has 0 rings (SSSR count). The Labute approximate surface area is 158 Å². The predicted octanol–water partition coefficient (Wildman–Crippen LogP) is 1.78. The fraction of sp³-hybridized carbons (Fsp3) is 0.824. The third-order valence-corrected chi connectivity index (χ3v) is 3.43. The molecule has 1 atom stereocenters. The molecule has 0 aromatic carbocycles. The van der Waals surface area contributed by atoms with E-state index in [4.69, 9.17) is 10.2 Å². The van der Waals surface area contributed by atoms with Crippen molar-refractivity contribution < 1.29 is 49.4 Å². The van der Waals surface area contributed by atoms with Crippen molar-refractivity contribution in [3.05, 3.63) is 6.92 Å². The van der Waals surface area contributed by atoms with Gasteiger partial charge in [-0.05, 0) is 0 Å². The van der Waals surface area contributed by atoms with Crippen LogP contribution in [-0.2, 0) is 9.59 Å². The Morgan fingerprint density at radius 1 is 0.955 bits per heavy atom. The summed E-state index contributed by atoms with van der Waals surface area (Å²) in [5.41, 5.74) is 0.392. The molecule has 1 unspecified atom stereocenters. The largest absolute Gasteiger partial charge is 1.00 e. The van der Waals surface area contributed by atoms with Crippen LogP contribution in [0.2, 0.25) is 0 Å². The summed E-state index contributed by atoms with van der Waals surface area (Å²) in [5, 5.41) is 15.4. The quantitative estimate of drug-likeness (QED) is 0.293. The Kier molecular flexibility index (Phi) is 19.3. The van der Waals surface area contributed by atoms with Gasteiger partial charge in [0.2, 0.25) is 0 Å². The molecular formula is C17H33NaO4. The average molecular weight is 324 g/mol. The van der Waals surface area contributed by atoms with E-state index in [1.54, 1.807) is 0 Å². The molecule has 0 saturated carbocycles. The SMILES string of the molecule is O=C(O)CC(=O)O.[CH2-]C(CCCCCCCC)C(C)(C)C.[Na+]. The maximum atomic E-state index is 9.43. The summed E-state index contributed by atoms with van der Waals surface area (Å²) >= 11 is 0. The Morgan fingerprint density at radius 2 is 1.36 bits per heavy atom. The zero-order valence-electron chi connectivity index (χ0n) is 15.2. The van der Waals surface area contributed by atoms with E-state index in [-0.39, 0.29) is 29.6 Å². The topological polar surface area (TPSA) is 74.6 Å². The summed E-state index contributed by atoms with van der Waals surface area (Å²) in [6, 6.07) is 0. The second-order valence-corrected chi connectivity index (χ2v) is 6.58. The summed E-state index contributed by atoms with van der Waals surface area (Å²) in [4.78, 5) is 18.9. The zero-order valence-corrected chi connectivity index (χ0v) is 17.2. The molecule has 0 fully saturated rings. The van der Waals surface area contributed by atoms with Crippen LogP contribution in [-0.4, -0.2) is 22.2 Å². The van der Waals surface area contributed by atoms with Gasteiger partial charge in [-0.1, -0.05) is 78.1 Å². The van der Waals surface area contributed by atoms with E-state index < -0.39 is 18.4 Å². The molecule has 2 N–H and O–H groups in total. The molecule has 4 nitrogen and oxygen atoms in total. The van der Waals surface area contributed by atoms with E-state index in [9.17, 15) is 9.59 Å². The number of hydrogen-bond donors (Lipinski definition) is 2. The van der Waals surface area contributed by atoms with Crippen molar-refractivity contribution in [2.75, 3.05) is 0 Å². The number of unbranched alkanes of at least 4 members (excludes halogenated alkanes) is 5. The number of carbonyl (C=O) groups is 2. The second-order valence-electron chi connectivity index (χ2n) is 6.58. The Morgan fingerprint density at radius 3 is 1.68 bits per heavy atom. The van der Waals surface area contributed by atoms with E-state index in [1.165, 1.54) is 44.9 Å². The van der Waals surface area contributed by atoms with Gasteiger partial charge in [-0.3, -0.25) is 9.59 Å². The van der Waals surface area contributed by atoms with Crippen molar-refractivity contribution in [3.8, 4) is 0 Å². The van der Waals surface area contributed by atoms with Crippen molar-refractivity contribution in [2.24, 2.45) is 11.3 Å². The van der Waals surface area contributed by atoms with Gasteiger partial charge >= 0.3 is 41.5 Å². The van der Waals surface area contributed by atoms with Crippen LogP contribution in [0.15, 0.2) is 0 Å². The minimum atomic E-state index is -1.31. The van der Waals surface area contributed by atoms with Crippen molar-refractivity contribution in [1.82, 2.24) is 0 Å². The normalized spacial score (nSPS) is 11.7. The van der Waals surface area contributed by atoms with Crippen LogP contribution in [0.3, 0.4) is 0 Å². The molecular weight excluding hydrogens is 291 g/mol. The van der Waals surface area contributed by atoms with E-state index in [2.05, 4.69) is 34.6 Å². The van der Waals surface area contributed by atoms with Crippen LogP contribution < -0.4 is 29.6 Å². The fourth-order valence-corrected chi connectivity index (χ4v) is 1.73. The zero-order chi connectivity index (χ0) is 16.9. The average Bonchev–Trinajstić information content (AvgIpc) is 2.31. The Hall–Kier alpha value is -0.0600. The predicted molar refractivity (Wildman–Crippen MR) is 86.2 cm³/mol. The first-order chi connectivity index (χ1) is 9.61. The summed E-state index contributed by atoms with van der Waals surface area (Å²) in [7, 11) is 0. The number of rotatable bonds is 9. The molecule has 0 bridgehead atoms. The van der Waals surface area contributed by atoms with E-state index in [0.717, 1.165) is 0 Å². The molecule has 0 aliphatic carbocycles. The van der Waals surface area contributed by atoms with Crippen molar-refractivity contribution in [3.63, 3.8) is 0 Å². The molecule has 0 saturated heterocycles. The fourth-order valence-electron chi connectivity index (χ4n) is 1.73. The van der Waals surface area contributed by atoms with Gasteiger partial charge in [0.25, 0.3) is 0 Å². The van der Waals surface area contributed by atoms with Crippen LogP contribution in [0, 0.1) is 18.3 Å². The van der Waals surface area contributed by atoms with Gasteiger partial charge in [-0.15, -0.1) is 0 Å². The monoisotopic (exact) mass is 324 g/mol. The van der Waals surface area contributed by atoms with Crippen LogP contribution in [0.4, 0.5) is 0 Å². The van der Waals surface area contributed by atoms with Crippen molar-refractivity contribution in [1.29, 1.82) is 0 Å². The molecule has 5 heteroatoms. The number of hydrogen-bond acceptors (Lipinski definition) is 2. The minimum absolute atomic E-state index is 0. The summed E-state index contributed by atoms with van der Waals surface area (Å²) in [6.45, 7) is 13.4. The number of aliphatic carboxylic acids is 2. The number of carboxylic acid groups (broad SMARTS) is 2. The summed E-state index contributed by atoms with van der Waals surface area (Å²) < 4.78 is 0. The first-order valence-corrected chi connectivity index (χ1v) is 7.87. The molecule has 0 amide bonds.